The van der Waals surface area contributed by atoms with Crippen LogP contribution >= 0.6 is 0 Å². The van der Waals surface area contributed by atoms with Crippen molar-refractivity contribution >= 4 is 11.4 Å². The number of anilines is 2. The summed E-state index contributed by atoms with van der Waals surface area (Å²) in [6, 6.07) is 5.16. The molecular formula is C13H22N2O4. The van der Waals surface area contributed by atoms with E-state index >= 15 is 0 Å². The number of hydrogen-bond acceptors (Lipinski definition) is 6. The lowest BCUT2D eigenvalue weighted by molar-refractivity contribution is 0.0180. The van der Waals surface area contributed by atoms with Gasteiger partial charge in [-0.25, -0.2) is 0 Å². The fourth-order valence-corrected chi connectivity index (χ4v) is 1.37. The molecule has 0 aliphatic heterocycles. The third-order valence-corrected chi connectivity index (χ3v) is 2.32. The summed E-state index contributed by atoms with van der Waals surface area (Å²) in [5.74, 6) is 0.620. The molecule has 0 fully saturated rings. The zero-order valence-corrected chi connectivity index (χ0v) is 11.3. The molecule has 0 radical (unpaired) electrons. The van der Waals surface area contributed by atoms with Crippen LogP contribution in [0, 0.1) is 0 Å². The minimum absolute atomic E-state index is 0.437. The number of benzene rings is 1. The van der Waals surface area contributed by atoms with Crippen LogP contribution in [0.1, 0.15) is 0 Å². The van der Waals surface area contributed by atoms with Crippen molar-refractivity contribution in [1.82, 2.24) is 0 Å². The number of rotatable bonds is 10. The van der Waals surface area contributed by atoms with E-state index in [4.69, 9.17) is 30.4 Å². The van der Waals surface area contributed by atoms with Crippen LogP contribution in [0.25, 0.3) is 0 Å². The third-order valence-electron chi connectivity index (χ3n) is 2.32. The maximum absolute atomic E-state index is 5.75. The van der Waals surface area contributed by atoms with Crippen LogP contribution in [0.2, 0.25) is 0 Å². The maximum Gasteiger partial charge on any atom is 0.142 e. The SMILES string of the molecule is COCCOCCOCCOc1ccc(N)cc1N. The van der Waals surface area contributed by atoms with Gasteiger partial charge in [0, 0.05) is 12.8 Å². The number of nitrogens with two attached hydrogens (primary N) is 2. The van der Waals surface area contributed by atoms with E-state index in [1.807, 2.05) is 0 Å². The quantitative estimate of drug-likeness (QED) is 0.485. The number of hydrogen-bond donors (Lipinski definition) is 2. The fraction of sp³-hybridized carbons (Fsp3) is 0.538. The molecule has 0 aliphatic carbocycles. The van der Waals surface area contributed by atoms with Crippen LogP contribution in [0.15, 0.2) is 18.2 Å². The first-order valence-electron chi connectivity index (χ1n) is 6.16. The van der Waals surface area contributed by atoms with Gasteiger partial charge in [-0.3, -0.25) is 0 Å². The Bertz CT molecular complexity index is 360. The second-order valence-electron chi connectivity index (χ2n) is 3.86. The summed E-state index contributed by atoms with van der Waals surface area (Å²) >= 11 is 0. The van der Waals surface area contributed by atoms with E-state index < -0.39 is 0 Å². The fourth-order valence-electron chi connectivity index (χ4n) is 1.37. The molecule has 0 unspecified atom stereocenters. The van der Waals surface area contributed by atoms with Gasteiger partial charge in [-0.1, -0.05) is 0 Å². The van der Waals surface area contributed by atoms with Gasteiger partial charge in [0.15, 0.2) is 0 Å². The molecule has 0 aliphatic rings. The van der Waals surface area contributed by atoms with E-state index in [2.05, 4.69) is 0 Å². The zero-order chi connectivity index (χ0) is 13.9. The van der Waals surface area contributed by atoms with E-state index in [1.165, 1.54) is 0 Å². The summed E-state index contributed by atoms with van der Waals surface area (Å²) in [7, 11) is 1.64. The molecule has 0 saturated carbocycles. The number of ether oxygens (including phenoxy) is 4. The molecule has 0 amide bonds. The summed E-state index contributed by atoms with van der Waals surface area (Å²) in [6.45, 7) is 3.18. The molecule has 0 spiro atoms. The van der Waals surface area contributed by atoms with Crippen LogP contribution in [0.3, 0.4) is 0 Å². The first-order chi connectivity index (χ1) is 9.24. The monoisotopic (exact) mass is 270 g/mol. The van der Waals surface area contributed by atoms with Crippen molar-refractivity contribution < 1.29 is 18.9 Å². The molecule has 1 aromatic carbocycles. The van der Waals surface area contributed by atoms with Crippen LogP contribution in [-0.2, 0) is 14.2 Å². The van der Waals surface area contributed by atoms with E-state index in [0.29, 0.717) is 56.8 Å². The van der Waals surface area contributed by atoms with Gasteiger partial charge in [-0.05, 0) is 18.2 Å². The van der Waals surface area contributed by atoms with E-state index in [0.717, 1.165) is 0 Å². The summed E-state index contributed by atoms with van der Waals surface area (Å²) in [5.41, 5.74) is 12.5. The Labute approximate surface area is 113 Å². The van der Waals surface area contributed by atoms with Gasteiger partial charge in [-0.15, -0.1) is 0 Å². The molecule has 19 heavy (non-hydrogen) atoms. The Morgan fingerprint density at radius 1 is 0.895 bits per heavy atom. The molecule has 6 heteroatoms. The molecule has 4 N–H and O–H groups in total. The highest BCUT2D eigenvalue weighted by molar-refractivity contribution is 5.60. The summed E-state index contributed by atoms with van der Waals surface area (Å²) in [4.78, 5) is 0. The zero-order valence-electron chi connectivity index (χ0n) is 11.3. The Morgan fingerprint density at radius 3 is 2.16 bits per heavy atom. The molecule has 6 nitrogen and oxygen atoms in total. The van der Waals surface area contributed by atoms with Crippen LogP contribution < -0.4 is 16.2 Å². The molecule has 108 valence electrons. The largest absolute Gasteiger partial charge is 0.489 e. The summed E-state index contributed by atoms with van der Waals surface area (Å²) in [6.07, 6.45) is 0. The van der Waals surface area contributed by atoms with Crippen molar-refractivity contribution in [2.45, 2.75) is 0 Å². The molecular weight excluding hydrogens is 248 g/mol. The van der Waals surface area contributed by atoms with Crippen LogP contribution in [-0.4, -0.2) is 46.8 Å². The molecule has 0 bridgehead atoms. The van der Waals surface area contributed by atoms with Crippen molar-refractivity contribution in [3.63, 3.8) is 0 Å². The Morgan fingerprint density at radius 2 is 1.53 bits per heavy atom. The minimum atomic E-state index is 0.437. The van der Waals surface area contributed by atoms with Crippen LogP contribution in [0.4, 0.5) is 11.4 Å². The Balaban J connectivity index is 2.01. The van der Waals surface area contributed by atoms with Crippen LogP contribution in [0.5, 0.6) is 5.75 Å². The Kier molecular flexibility index (Phi) is 7.72. The minimum Gasteiger partial charge on any atom is -0.489 e. The van der Waals surface area contributed by atoms with E-state index in [9.17, 15) is 0 Å². The normalized spacial score (nSPS) is 10.6. The molecule has 0 heterocycles. The van der Waals surface area contributed by atoms with Crippen molar-refractivity contribution in [3.05, 3.63) is 18.2 Å². The highest BCUT2D eigenvalue weighted by Gasteiger charge is 2.00. The van der Waals surface area contributed by atoms with Crippen molar-refractivity contribution in [2.24, 2.45) is 0 Å². The van der Waals surface area contributed by atoms with Gasteiger partial charge in [0.05, 0.1) is 38.7 Å². The van der Waals surface area contributed by atoms with Gasteiger partial charge in [0.2, 0.25) is 0 Å². The first-order valence-corrected chi connectivity index (χ1v) is 6.16. The van der Waals surface area contributed by atoms with Crippen molar-refractivity contribution in [1.29, 1.82) is 0 Å². The van der Waals surface area contributed by atoms with Gasteiger partial charge in [0.1, 0.15) is 12.4 Å². The lowest BCUT2D eigenvalue weighted by Gasteiger charge is -2.10. The first kappa shape index (κ1) is 15.6. The highest BCUT2D eigenvalue weighted by Crippen LogP contribution is 2.23. The summed E-state index contributed by atoms with van der Waals surface area (Å²) < 4.78 is 20.9. The third kappa shape index (κ3) is 6.85. The summed E-state index contributed by atoms with van der Waals surface area (Å²) in [5, 5.41) is 0. The topological polar surface area (TPSA) is 89.0 Å². The second-order valence-corrected chi connectivity index (χ2v) is 3.86. The number of nitrogen functional groups attached to an aromatic ring is 2. The predicted molar refractivity (Wildman–Crippen MR) is 74.3 cm³/mol. The maximum atomic E-state index is 5.75. The molecule has 1 rings (SSSR count). The van der Waals surface area contributed by atoms with Gasteiger partial charge < -0.3 is 30.4 Å². The highest BCUT2D eigenvalue weighted by atomic mass is 16.6. The lowest BCUT2D eigenvalue weighted by atomic mass is 10.2. The standard InChI is InChI=1S/C13H22N2O4/c1-16-4-5-17-6-7-18-8-9-19-13-3-2-11(14)10-12(13)15/h2-3,10H,4-9,14-15H2,1H3. The van der Waals surface area contributed by atoms with Crippen molar-refractivity contribution in [3.8, 4) is 5.75 Å². The number of methoxy groups -OCH3 is 1. The molecule has 0 aromatic heterocycles. The van der Waals surface area contributed by atoms with E-state index in [1.54, 1.807) is 25.3 Å². The average Bonchev–Trinajstić information content (AvgIpc) is 2.39. The average molecular weight is 270 g/mol. The van der Waals surface area contributed by atoms with Gasteiger partial charge in [0.25, 0.3) is 0 Å². The van der Waals surface area contributed by atoms with Gasteiger partial charge in [-0.2, -0.15) is 0 Å². The second kappa shape index (κ2) is 9.43. The lowest BCUT2D eigenvalue weighted by Crippen LogP contribution is -2.12. The van der Waals surface area contributed by atoms with E-state index in [-0.39, 0.29) is 0 Å². The predicted octanol–water partition coefficient (Wildman–Crippen LogP) is 0.909. The molecule has 1 aromatic rings. The van der Waals surface area contributed by atoms with Gasteiger partial charge >= 0.3 is 0 Å². The molecule has 0 saturated heterocycles. The molecule has 0 atom stereocenters. The Hall–Kier alpha value is -1.50. The smallest absolute Gasteiger partial charge is 0.142 e. The van der Waals surface area contributed by atoms with Crippen molar-refractivity contribution in [2.75, 3.05) is 58.2 Å².